The van der Waals surface area contributed by atoms with Gasteiger partial charge < -0.3 is 25.6 Å². The van der Waals surface area contributed by atoms with Gasteiger partial charge in [0.2, 0.25) is 17.7 Å². The Kier molecular flexibility index (Phi) is 9.21. The van der Waals surface area contributed by atoms with Gasteiger partial charge in [0.15, 0.2) is 0 Å². The first kappa shape index (κ1) is 28.3. The summed E-state index contributed by atoms with van der Waals surface area (Å²) in [6.07, 6.45) is 13.8. The van der Waals surface area contributed by atoms with Crippen LogP contribution in [0.5, 0.6) is 0 Å². The van der Waals surface area contributed by atoms with E-state index in [1.807, 2.05) is 16.8 Å². The van der Waals surface area contributed by atoms with Gasteiger partial charge in [0, 0.05) is 33.3 Å². The van der Waals surface area contributed by atoms with Crippen LogP contribution in [0.4, 0.5) is 0 Å². The first-order valence-corrected chi connectivity index (χ1v) is 14.8. The van der Waals surface area contributed by atoms with E-state index in [1.54, 1.807) is 13.8 Å². The van der Waals surface area contributed by atoms with Gasteiger partial charge in [0.25, 0.3) is 0 Å². The zero-order chi connectivity index (χ0) is 26.6. The number of nitrogens with zero attached hydrogens (tertiary/aromatic N) is 2. The van der Waals surface area contributed by atoms with Crippen molar-refractivity contribution in [3.8, 4) is 0 Å². The SMILES string of the molecule is CN1CC(C2CCCCC2)C2(CCCN(C(=O)C(COCC3CCCCC3)NC(=O)C(C)(C)N)C2)C1=O. The second-order valence-corrected chi connectivity index (χ2v) is 13.0. The highest BCUT2D eigenvalue weighted by molar-refractivity contribution is 5.92. The minimum absolute atomic E-state index is 0.139. The van der Waals surface area contributed by atoms with Gasteiger partial charge in [-0.15, -0.1) is 0 Å². The van der Waals surface area contributed by atoms with Crippen molar-refractivity contribution >= 4 is 17.7 Å². The number of likely N-dealkylation sites (tertiary alicyclic amines) is 2. The van der Waals surface area contributed by atoms with Crippen LogP contribution in [-0.4, -0.2) is 79.0 Å². The molecule has 37 heavy (non-hydrogen) atoms. The fourth-order valence-electron chi connectivity index (χ4n) is 7.42. The van der Waals surface area contributed by atoms with Crippen LogP contribution in [0.25, 0.3) is 0 Å². The van der Waals surface area contributed by atoms with Gasteiger partial charge in [-0.1, -0.05) is 51.4 Å². The third kappa shape index (κ3) is 6.49. The highest BCUT2D eigenvalue weighted by Gasteiger charge is 2.57. The second-order valence-electron chi connectivity index (χ2n) is 13.0. The van der Waals surface area contributed by atoms with Crippen LogP contribution in [0.2, 0.25) is 0 Å². The minimum Gasteiger partial charge on any atom is -0.378 e. The van der Waals surface area contributed by atoms with Crippen LogP contribution in [0.1, 0.15) is 90.9 Å². The number of hydrogen-bond acceptors (Lipinski definition) is 5. The van der Waals surface area contributed by atoms with E-state index in [1.165, 1.54) is 51.4 Å². The standard InChI is InChI=1S/C29H50N4O4/c1-28(2,30)26(35)31-24(19-37-18-21-11-6-4-7-12-21)25(34)33-16-10-15-29(20-33)23(17-32(3)27(29)36)22-13-8-5-9-14-22/h21-24H,4-20,30H2,1-3H3,(H,31,35). The Hall–Kier alpha value is -1.67. The van der Waals surface area contributed by atoms with Gasteiger partial charge in [-0.3, -0.25) is 14.4 Å². The molecule has 3 amide bonds. The van der Waals surface area contributed by atoms with Crippen molar-refractivity contribution < 1.29 is 19.1 Å². The Bertz CT molecular complexity index is 815. The summed E-state index contributed by atoms with van der Waals surface area (Å²) in [5, 5.41) is 2.89. The number of rotatable bonds is 8. The number of carbonyl (C=O) groups excluding carboxylic acids is 3. The molecule has 3 N–H and O–H groups in total. The molecule has 3 atom stereocenters. The Labute approximate surface area is 223 Å². The molecule has 4 aliphatic rings. The summed E-state index contributed by atoms with van der Waals surface area (Å²) < 4.78 is 6.05. The van der Waals surface area contributed by atoms with Crippen molar-refractivity contribution in [2.75, 3.05) is 39.9 Å². The van der Waals surface area contributed by atoms with E-state index >= 15 is 0 Å². The lowest BCUT2D eigenvalue weighted by Crippen LogP contribution is -2.60. The topological polar surface area (TPSA) is 105 Å². The van der Waals surface area contributed by atoms with E-state index in [4.69, 9.17) is 10.5 Å². The highest BCUT2D eigenvalue weighted by Crippen LogP contribution is 2.50. The summed E-state index contributed by atoms with van der Waals surface area (Å²) in [6.45, 7) is 5.88. The molecule has 2 saturated carbocycles. The van der Waals surface area contributed by atoms with Crippen LogP contribution in [0, 0.1) is 23.2 Å². The van der Waals surface area contributed by atoms with Gasteiger partial charge in [0.1, 0.15) is 6.04 Å². The predicted molar refractivity (Wildman–Crippen MR) is 144 cm³/mol. The summed E-state index contributed by atoms with van der Waals surface area (Å²) in [7, 11) is 1.92. The molecule has 210 valence electrons. The van der Waals surface area contributed by atoms with Crippen LogP contribution < -0.4 is 11.1 Å². The molecule has 8 heteroatoms. The van der Waals surface area contributed by atoms with Crippen molar-refractivity contribution in [3.63, 3.8) is 0 Å². The molecule has 0 aromatic heterocycles. The van der Waals surface area contributed by atoms with Gasteiger partial charge >= 0.3 is 0 Å². The second kappa shape index (κ2) is 12.0. The van der Waals surface area contributed by atoms with Gasteiger partial charge in [-0.05, 0) is 57.3 Å². The Morgan fingerprint density at radius 3 is 2.38 bits per heavy atom. The van der Waals surface area contributed by atoms with Gasteiger partial charge in [-0.2, -0.15) is 0 Å². The maximum atomic E-state index is 13.9. The first-order valence-electron chi connectivity index (χ1n) is 14.8. The lowest BCUT2D eigenvalue weighted by atomic mass is 9.64. The molecule has 0 radical (unpaired) electrons. The molecule has 1 spiro atoms. The van der Waals surface area contributed by atoms with Crippen molar-refractivity contribution in [2.24, 2.45) is 28.9 Å². The van der Waals surface area contributed by atoms with Crippen molar-refractivity contribution in [1.82, 2.24) is 15.1 Å². The molecule has 2 aliphatic carbocycles. The van der Waals surface area contributed by atoms with Gasteiger partial charge in [-0.25, -0.2) is 0 Å². The van der Waals surface area contributed by atoms with Crippen LogP contribution in [0.3, 0.4) is 0 Å². The number of amides is 3. The molecule has 3 unspecified atom stereocenters. The number of piperidine rings is 1. The molecule has 2 heterocycles. The Morgan fingerprint density at radius 1 is 1.08 bits per heavy atom. The summed E-state index contributed by atoms with van der Waals surface area (Å²) in [5.74, 6) is 1.04. The zero-order valence-electron chi connectivity index (χ0n) is 23.4. The van der Waals surface area contributed by atoms with E-state index in [2.05, 4.69) is 5.32 Å². The average molecular weight is 519 g/mol. The molecular weight excluding hydrogens is 468 g/mol. The number of carbonyl (C=O) groups is 3. The lowest BCUT2D eigenvalue weighted by Gasteiger charge is -2.45. The Morgan fingerprint density at radius 2 is 1.73 bits per heavy atom. The maximum absolute atomic E-state index is 13.9. The summed E-state index contributed by atoms with van der Waals surface area (Å²) in [6, 6.07) is -0.795. The number of nitrogens with two attached hydrogens (primary N) is 1. The Balaban J connectivity index is 1.48. The van der Waals surface area contributed by atoms with Crippen LogP contribution in [0.15, 0.2) is 0 Å². The van der Waals surface area contributed by atoms with E-state index < -0.39 is 17.0 Å². The number of hydrogen-bond donors (Lipinski definition) is 2. The fraction of sp³-hybridized carbons (Fsp3) is 0.897. The molecule has 0 bridgehead atoms. The van der Waals surface area contributed by atoms with Crippen molar-refractivity contribution in [3.05, 3.63) is 0 Å². The molecule has 4 fully saturated rings. The molecule has 0 aromatic rings. The van der Waals surface area contributed by atoms with Crippen LogP contribution in [-0.2, 0) is 19.1 Å². The third-order valence-corrected chi connectivity index (χ3v) is 9.56. The molecule has 4 rings (SSSR count). The predicted octanol–water partition coefficient (Wildman–Crippen LogP) is 3.08. The number of nitrogens with one attached hydrogen (secondary N) is 1. The summed E-state index contributed by atoms with van der Waals surface area (Å²) >= 11 is 0. The first-order chi connectivity index (χ1) is 17.6. The van der Waals surface area contributed by atoms with Crippen molar-refractivity contribution in [2.45, 2.75) is 102 Å². The monoisotopic (exact) mass is 518 g/mol. The number of ether oxygens (including phenoxy) is 1. The highest BCUT2D eigenvalue weighted by atomic mass is 16.5. The smallest absolute Gasteiger partial charge is 0.247 e. The third-order valence-electron chi connectivity index (χ3n) is 9.56. The zero-order valence-corrected chi connectivity index (χ0v) is 23.4. The van der Waals surface area contributed by atoms with E-state index in [-0.39, 0.29) is 24.3 Å². The summed E-state index contributed by atoms with van der Waals surface area (Å²) in [4.78, 5) is 44.1. The van der Waals surface area contributed by atoms with E-state index in [0.29, 0.717) is 37.5 Å². The molecule has 8 nitrogen and oxygen atoms in total. The molecule has 2 aliphatic heterocycles. The largest absolute Gasteiger partial charge is 0.378 e. The van der Waals surface area contributed by atoms with E-state index in [0.717, 1.165) is 32.2 Å². The maximum Gasteiger partial charge on any atom is 0.247 e. The molecule has 0 aromatic carbocycles. The molecular formula is C29H50N4O4. The fourth-order valence-corrected chi connectivity index (χ4v) is 7.42. The average Bonchev–Trinajstić information content (AvgIpc) is 3.13. The summed E-state index contributed by atoms with van der Waals surface area (Å²) in [5.41, 5.74) is 4.45. The van der Waals surface area contributed by atoms with Crippen molar-refractivity contribution in [1.29, 1.82) is 0 Å². The van der Waals surface area contributed by atoms with Crippen LogP contribution >= 0.6 is 0 Å². The molecule has 2 saturated heterocycles. The van der Waals surface area contributed by atoms with E-state index in [9.17, 15) is 14.4 Å². The quantitative estimate of drug-likeness (QED) is 0.514. The van der Waals surface area contributed by atoms with Gasteiger partial charge in [0.05, 0.1) is 17.6 Å². The lowest BCUT2D eigenvalue weighted by molar-refractivity contribution is -0.148. The minimum atomic E-state index is -1.10. The normalized spacial score (nSPS) is 29.1.